The van der Waals surface area contributed by atoms with Gasteiger partial charge in [-0.1, -0.05) is 31.2 Å². The van der Waals surface area contributed by atoms with Crippen LogP contribution in [0.25, 0.3) is 0 Å². The Hall–Kier alpha value is -1.35. The van der Waals surface area contributed by atoms with Crippen molar-refractivity contribution >= 4 is 46.4 Å². The summed E-state index contributed by atoms with van der Waals surface area (Å²) in [6.07, 6.45) is 1.07. The van der Waals surface area contributed by atoms with Gasteiger partial charge in [0.1, 0.15) is 0 Å². The quantitative estimate of drug-likeness (QED) is 0.396. The molecule has 1 aromatic carbocycles. The molecule has 1 heterocycles. The molecule has 0 radical (unpaired) electrons. The fourth-order valence-corrected chi connectivity index (χ4v) is 3.12. The molecule has 0 aliphatic carbocycles. The van der Waals surface area contributed by atoms with E-state index in [4.69, 9.17) is 0 Å². The number of hydrogen-bond acceptors (Lipinski definition) is 4. The number of thiazole rings is 1. The van der Waals surface area contributed by atoms with Crippen molar-refractivity contribution < 1.29 is 0 Å². The van der Waals surface area contributed by atoms with Gasteiger partial charge in [0.15, 0.2) is 11.1 Å². The van der Waals surface area contributed by atoms with Gasteiger partial charge in [0.25, 0.3) is 0 Å². The molecule has 0 atom stereocenters. The first-order valence-corrected chi connectivity index (χ1v) is 9.02. The molecule has 0 saturated carbocycles. The van der Waals surface area contributed by atoms with Crippen LogP contribution in [0.1, 0.15) is 23.7 Å². The van der Waals surface area contributed by atoms with Crippen molar-refractivity contribution in [1.29, 1.82) is 0 Å². The minimum atomic E-state index is 0. The number of halogens is 1. The fraction of sp³-hybridized carbons (Fsp3) is 0.444. The standard InChI is InChI=1S/C18H27N5S.HI/c1-6-14-7-9-15(10-8-14)12-23(5)17(19-2)20-11-16-13-24-18(21-16)22(3)4;/h7-10,13H,6,11-12H2,1-5H3,(H,19,20);1H. The van der Waals surface area contributed by atoms with Gasteiger partial charge < -0.3 is 15.1 Å². The number of guanidine groups is 1. The highest BCUT2D eigenvalue weighted by Crippen LogP contribution is 2.17. The maximum Gasteiger partial charge on any atom is 0.194 e. The van der Waals surface area contributed by atoms with Crippen LogP contribution in [-0.2, 0) is 19.5 Å². The Balaban J connectivity index is 0.00000312. The molecular formula is C18H28IN5S. The van der Waals surface area contributed by atoms with Crippen molar-refractivity contribution in [1.82, 2.24) is 15.2 Å². The molecule has 5 nitrogen and oxygen atoms in total. The summed E-state index contributed by atoms with van der Waals surface area (Å²) in [7, 11) is 7.87. The predicted molar refractivity (Wildman–Crippen MR) is 119 cm³/mol. The van der Waals surface area contributed by atoms with E-state index in [2.05, 4.69) is 63.8 Å². The van der Waals surface area contributed by atoms with Crippen LogP contribution < -0.4 is 10.2 Å². The molecule has 0 bridgehead atoms. The highest BCUT2D eigenvalue weighted by Gasteiger charge is 2.09. The van der Waals surface area contributed by atoms with E-state index in [1.54, 1.807) is 11.3 Å². The number of aromatic nitrogens is 1. The summed E-state index contributed by atoms with van der Waals surface area (Å²) in [4.78, 5) is 13.1. The topological polar surface area (TPSA) is 43.8 Å². The third-order valence-electron chi connectivity index (χ3n) is 3.77. The maximum atomic E-state index is 4.59. The number of nitrogens with zero attached hydrogens (tertiary/aromatic N) is 4. The van der Waals surface area contributed by atoms with Crippen LogP contribution in [0.2, 0.25) is 0 Å². The van der Waals surface area contributed by atoms with E-state index in [-0.39, 0.29) is 24.0 Å². The van der Waals surface area contributed by atoms with Gasteiger partial charge in [0.2, 0.25) is 0 Å². The second kappa shape index (κ2) is 10.6. The number of aryl methyl sites for hydroxylation is 1. The zero-order valence-corrected chi connectivity index (χ0v) is 18.8. The van der Waals surface area contributed by atoms with Crippen LogP contribution in [0.3, 0.4) is 0 Å². The van der Waals surface area contributed by atoms with Crippen LogP contribution in [-0.4, -0.2) is 44.0 Å². The second-order valence-corrected chi connectivity index (χ2v) is 6.78. The lowest BCUT2D eigenvalue weighted by Crippen LogP contribution is -2.38. The first-order chi connectivity index (χ1) is 11.5. The number of anilines is 1. The monoisotopic (exact) mass is 473 g/mol. The Bertz CT molecular complexity index is 666. The molecular weight excluding hydrogens is 445 g/mol. The van der Waals surface area contributed by atoms with E-state index in [1.165, 1.54) is 11.1 Å². The predicted octanol–water partition coefficient (Wildman–Crippen LogP) is 3.60. The normalized spacial score (nSPS) is 11.0. The Kier molecular flexibility index (Phi) is 9.20. The maximum absolute atomic E-state index is 4.59. The molecule has 2 rings (SSSR count). The Morgan fingerprint density at radius 1 is 1.16 bits per heavy atom. The van der Waals surface area contributed by atoms with E-state index in [0.717, 1.165) is 29.8 Å². The number of aliphatic imine (C=N–C) groups is 1. The molecule has 1 N–H and O–H groups in total. The number of hydrogen-bond donors (Lipinski definition) is 1. The third-order valence-corrected chi connectivity index (χ3v) is 4.83. The minimum absolute atomic E-state index is 0. The molecule has 25 heavy (non-hydrogen) atoms. The molecule has 0 fully saturated rings. The first-order valence-electron chi connectivity index (χ1n) is 8.14. The van der Waals surface area contributed by atoms with Crippen molar-refractivity contribution in [2.45, 2.75) is 26.4 Å². The van der Waals surface area contributed by atoms with Gasteiger partial charge in [-0.15, -0.1) is 35.3 Å². The van der Waals surface area contributed by atoms with E-state index in [1.807, 2.05) is 26.0 Å². The minimum Gasteiger partial charge on any atom is -0.354 e. The molecule has 0 spiro atoms. The van der Waals surface area contributed by atoms with Gasteiger partial charge in [-0.05, 0) is 17.5 Å². The average molecular weight is 473 g/mol. The van der Waals surface area contributed by atoms with Crippen molar-refractivity contribution in [2.24, 2.45) is 4.99 Å². The third kappa shape index (κ3) is 6.47. The van der Waals surface area contributed by atoms with Crippen molar-refractivity contribution in [3.05, 3.63) is 46.5 Å². The summed E-state index contributed by atoms with van der Waals surface area (Å²) in [6, 6.07) is 8.76. The second-order valence-electron chi connectivity index (χ2n) is 5.94. The molecule has 0 amide bonds. The summed E-state index contributed by atoms with van der Waals surface area (Å²) in [5.41, 5.74) is 3.68. The summed E-state index contributed by atoms with van der Waals surface area (Å²) < 4.78 is 0. The number of benzene rings is 1. The van der Waals surface area contributed by atoms with Crippen molar-refractivity contribution in [3.8, 4) is 0 Å². The zero-order valence-electron chi connectivity index (χ0n) is 15.6. The average Bonchev–Trinajstić information content (AvgIpc) is 3.05. The van der Waals surface area contributed by atoms with Gasteiger partial charge in [0.05, 0.1) is 12.2 Å². The molecule has 7 heteroatoms. The SMILES string of the molecule is CCc1ccc(CN(C)C(=NC)NCc2csc(N(C)C)n2)cc1.I. The van der Waals surface area contributed by atoms with Gasteiger partial charge in [-0.2, -0.15) is 0 Å². The van der Waals surface area contributed by atoms with E-state index in [0.29, 0.717) is 6.54 Å². The summed E-state index contributed by atoms with van der Waals surface area (Å²) >= 11 is 1.65. The lowest BCUT2D eigenvalue weighted by molar-refractivity contribution is 0.476. The van der Waals surface area contributed by atoms with Gasteiger partial charge in [0, 0.05) is 40.1 Å². The van der Waals surface area contributed by atoms with Crippen molar-refractivity contribution in [3.63, 3.8) is 0 Å². The van der Waals surface area contributed by atoms with Crippen molar-refractivity contribution in [2.75, 3.05) is 33.1 Å². The van der Waals surface area contributed by atoms with E-state index in [9.17, 15) is 0 Å². The number of nitrogens with one attached hydrogen (secondary N) is 1. The van der Waals surface area contributed by atoms with E-state index >= 15 is 0 Å². The van der Waals surface area contributed by atoms with Crippen LogP contribution in [0, 0.1) is 0 Å². The fourth-order valence-electron chi connectivity index (χ4n) is 2.37. The molecule has 1 aromatic heterocycles. The lowest BCUT2D eigenvalue weighted by atomic mass is 10.1. The highest BCUT2D eigenvalue weighted by molar-refractivity contribution is 14.0. The summed E-state index contributed by atoms with van der Waals surface area (Å²) in [5, 5.41) is 6.48. The molecule has 0 aliphatic heterocycles. The van der Waals surface area contributed by atoms with Crippen LogP contribution in [0.5, 0.6) is 0 Å². The van der Waals surface area contributed by atoms with Crippen LogP contribution in [0.15, 0.2) is 34.6 Å². The smallest absolute Gasteiger partial charge is 0.194 e. The first kappa shape index (κ1) is 21.7. The highest BCUT2D eigenvalue weighted by atomic mass is 127. The van der Waals surface area contributed by atoms with Gasteiger partial charge in [-0.25, -0.2) is 4.98 Å². The van der Waals surface area contributed by atoms with E-state index < -0.39 is 0 Å². The van der Waals surface area contributed by atoms with Gasteiger partial charge >= 0.3 is 0 Å². The summed E-state index contributed by atoms with van der Waals surface area (Å²) in [6.45, 7) is 3.67. The largest absolute Gasteiger partial charge is 0.354 e. The van der Waals surface area contributed by atoms with Crippen LogP contribution >= 0.6 is 35.3 Å². The Labute approximate surface area is 172 Å². The zero-order chi connectivity index (χ0) is 17.5. The summed E-state index contributed by atoms with van der Waals surface area (Å²) in [5.74, 6) is 0.869. The molecule has 0 aliphatic rings. The lowest BCUT2D eigenvalue weighted by Gasteiger charge is -2.22. The van der Waals surface area contributed by atoms with Gasteiger partial charge in [-0.3, -0.25) is 4.99 Å². The molecule has 138 valence electrons. The molecule has 0 unspecified atom stereocenters. The molecule has 2 aromatic rings. The Morgan fingerprint density at radius 2 is 1.80 bits per heavy atom. The van der Waals surface area contributed by atoms with Crippen LogP contribution in [0.4, 0.5) is 5.13 Å². The molecule has 0 saturated heterocycles. The number of rotatable bonds is 6. The Morgan fingerprint density at radius 3 is 2.32 bits per heavy atom.